The number of aromatic nitrogens is 1. The van der Waals surface area contributed by atoms with Crippen LogP contribution in [0.2, 0.25) is 0 Å². The van der Waals surface area contributed by atoms with Crippen LogP contribution in [0.5, 0.6) is 0 Å². The third kappa shape index (κ3) is 5.24. The number of benzene rings is 1. The van der Waals surface area contributed by atoms with Crippen LogP contribution in [-0.4, -0.2) is 28.6 Å². The molecule has 22 heavy (non-hydrogen) atoms. The fourth-order valence-corrected chi connectivity index (χ4v) is 3.09. The first kappa shape index (κ1) is 16.6. The molecule has 0 saturated heterocycles. The zero-order valence-corrected chi connectivity index (χ0v) is 13.6. The predicted molar refractivity (Wildman–Crippen MR) is 89.0 cm³/mol. The van der Waals surface area contributed by atoms with Gasteiger partial charge in [-0.15, -0.1) is 11.3 Å². The summed E-state index contributed by atoms with van der Waals surface area (Å²) >= 11 is 1.59. The van der Waals surface area contributed by atoms with Crippen molar-refractivity contribution >= 4 is 17.2 Å². The highest BCUT2D eigenvalue weighted by atomic mass is 32.1. The van der Waals surface area contributed by atoms with Crippen LogP contribution in [0.3, 0.4) is 0 Å². The summed E-state index contributed by atoms with van der Waals surface area (Å²) in [5.41, 5.74) is 2.04. The van der Waals surface area contributed by atoms with E-state index in [1.165, 1.54) is 5.56 Å². The summed E-state index contributed by atoms with van der Waals surface area (Å²) in [5, 5.41) is 14.9. The summed E-state index contributed by atoms with van der Waals surface area (Å²) in [6.45, 7) is 2.10. The Balaban J connectivity index is 1.87. The van der Waals surface area contributed by atoms with Gasteiger partial charge in [-0.05, 0) is 18.4 Å². The Kier molecular flexibility index (Phi) is 6.55. The van der Waals surface area contributed by atoms with Crippen LogP contribution >= 0.6 is 11.3 Å². The minimum Gasteiger partial charge on any atom is -0.396 e. The lowest BCUT2D eigenvalue weighted by molar-refractivity contribution is -0.121. The number of nitrogens with zero attached hydrogens (tertiary/aromatic N) is 1. The molecule has 5 heteroatoms. The Bertz CT molecular complexity index is 583. The molecule has 0 bridgehead atoms. The molecule has 1 aromatic heterocycles. The van der Waals surface area contributed by atoms with E-state index in [1.54, 1.807) is 11.3 Å². The summed E-state index contributed by atoms with van der Waals surface area (Å²) in [6, 6.07) is 10.2. The number of aliphatic hydroxyl groups excluding tert-OH is 1. The smallest absolute Gasteiger partial charge is 0.226 e. The maximum Gasteiger partial charge on any atom is 0.226 e. The highest BCUT2D eigenvalue weighted by Crippen LogP contribution is 2.15. The lowest BCUT2D eigenvalue weighted by atomic mass is 10.1. The van der Waals surface area contributed by atoms with Gasteiger partial charge in [0, 0.05) is 24.4 Å². The Hall–Kier alpha value is -1.72. The molecule has 2 rings (SSSR count). The molecular weight excluding hydrogens is 296 g/mol. The van der Waals surface area contributed by atoms with Crippen molar-refractivity contribution in [1.29, 1.82) is 0 Å². The van der Waals surface area contributed by atoms with E-state index in [9.17, 15) is 4.79 Å². The van der Waals surface area contributed by atoms with E-state index in [4.69, 9.17) is 5.11 Å². The van der Waals surface area contributed by atoms with Gasteiger partial charge in [0.1, 0.15) is 0 Å². The zero-order valence-electron chi connectivity index (χ0n) is 12.8. The maximum absolute atomic E-state index is 12.0. The monoisotopic (exact) mass is 318 g/mol. The summed E-state index contributed by atoms with van der Waals surface area (Å²) in [7, 11) is 0. The number of thiazole rings is 1. The van der Waals surface area contributed by atoms with Crippen LogP contribution in [0.15, 0.2) is 35.7 Å². The number of aliphatic hydroxyl groups is 1. The van der Waals surface area contributed by atoms with E-state index in [2.05, 4.69) is 22.4 Å². The number of carbonyl (C=O) groups is 1. The van der Waals surface area contributed by atoms with Crippen molar-refractivity contribution in [3.05, 3.63) is 52.0 Å². The minimum atomic E-state index is -0.0307. The van der Waals surface area contributed by atoms with Crippen molar-refractivity contribution in [1.82, 2.24) is 10.3 Å². The van der Waals surface area contributed by atoms with Crippen molar-refractivity contribution in [3.8, 4) is 0 Å². The van der Waals surface area contributed by atoms with Gasteiger partial charge in [-0.25, -0.2) is 4.98 Å². The Morgan fingerprint density at radius 2 is 2.14 bits per heavy atom. The molecule has 0 spiro atoms. The first-order valence-electron chi connectivity index (χ1n) is 7.58. The lowest BCUT2D eigenvalue weighted by Crippen LogP contribution is -2.36. The van der Waals surface area contributed by atoms with Crippen LogP contribution in [0, 0.1) is 0 Å². The second-order valence-corrected chi connectivity index (χ2v) is 6.20. The Labute approximate surface area is 135 Å². The summed E-state index contributed by atoms with van der Waals surface area (Å²) in [6.07, 6.45) is 2.52. The van der Waals surface area contributed by atoms with E-state index in [-0.39, 0.29) is 18.6 Å². The SMILES string of the molecule is CCC(CCO)NC(=O)Cc1csc(Cc2ccccc2)n1. The molecule has 0 radical (unpaired) electrons. The highest BCUT2D eigenvalue weighted by Gasteiger charge is 2.12. The predicted octanol–water partition coefficient (Wildman–Crippen LogP) is 2.55. The maximum atomic E-state index is 12.0. The molecule has 2 N–H and O–H groups in total. The van der Waals surface area contributed by atoms with E-state index >= 15 is 0 Å². The number of nitrogens with one attached hydrogen (secondary N) is 1. The molecule has 4 nitrogen and oxygen atoms in total. The second kappa shape index (κ2) is 8.66. The van der Waals surface area contributed by atoms with Gasteiger partial charge in [0.15, 0.2) is 0 Å². The lowest BCUT2D eigenvalue weighted by Gasteiger charge is -2.15. The highest BCUT2D eigenvalue weighted by molar-refractivity contribution is 7.09. The molecule has 0 fully saturated rings. The molecule has 1 aromatic carbocycles. The van der Waals surface area contributed by atoms with Gasteiger partial charge in [0.25, 0.3) is 0 Å². The fraction of sp³-hybridized carbons (Fsp3) is 0.412. The van der Waals surface area contributed by atoms with Crippen LogP contribution in [0.1, 0.15) is 36.0 Å². The van der Waals surface area contributed by atoms with E-state index in [0.29, 0.717) is 12.8 Å². The molecule has 0 aliphatic carbocycles. The van der Waals surface area contributed by atoms with Gasteiger partial charge < -0.3 is 10.4 Å². The van der Waals surface area contributed by atoms with Crippen molar-refractivity contribution in [3.63, 3.8) is 0 Å². The van der Waals surface area contributed by atoms with Crippen molar-refractivity contribution in [2.45, 2.75) is 38.6 Å². The standard InChI is InChI=1S/C17H22N2O2S/c1-2-14(8-9-20)18-16(21)11-15-12-22-17(19-15)10-13-6-4-3-5-7-13/h3-7,12,14,20H,2,8-11H2,1H3,(H,18,21). The van der Waals surface area contributed by atoms with Crippen LogP contribution in [0.4, 0.5) is 0 Å². The van der Waals surface area contributed by atoms with Gasteiger partial charge in [-0.2, -0.15) is 0 Å². The number of rotatable bonds is 8. The minimum absolute atomic E-state index is 0.0307. The Morgan fingerprint density at radius 1 is 1.36 bits per heavy atom. The normalized spacial score (nSPS) is 12.1. The summed E-state index contributed by atoms with van der Waals surface area (Å²) in [5.74, 6) is -0.0307. The summed E-state index contributed by atoms with van der Waals surface area (Å²) in [4.78, 5) is 16.5. The molecule has 1 heterocycles. The first-order chi connectivity index (χ1) is 10.7. The van der Waals surface area contributed by atoms with E-state index < -0.39 is 0 Å². The molecule has 0 saturated carbocycles. The van der Waals surface area contributed by atoms with Crippen molar-refractivity contribution in [2.24, 2.45) is 0 Å². The molecule has 2 aromatic rings. The van der Waals surface area contributed by atoms with Gasteiger partial charge in [0.05, 0.1) is 17.1 Å². The van der Waals surface area contributed by atoms with Crippen LogP contribution in [-0.2, 0) is 17.6 Å². The number of hydrogen-bond donors (Lipinski definition) is 2. The molecule has 0 aliphatic rings. The topological polar surface area (TPSA) is 62.2 Å². The molecule has 1 amide bonds. The second-order valence-electron chi connectivity index (χ2n) is 5.26. The van der Waals surface area contributed by atoms with E-state index in [1.807, 2.05) is 30.5 Å². The average molecular weight is 318 g/mol. The quantitative estimate of drug-likeness (QED) is 0.786. The third-order valence-corrected chi connectivity index (χ3v) is 4.37. The van der Waals surface area contributed by atoms with Crippen molar-refractivity contribution < 1.29 is 9.90 Å². The molecule has 0 aliphatic heterocycles. The molecule has 1 atom stereocenters. The fourth-order valence-electron chi connectivity index (χ4n) is 2.26. The molecular formula is C17H22N2O2S. The number of hydrogen-bond acceptors (Lipinski definition) is 4. The first-order valence-corrected chi connectivity index (χ1v) is 8.46. The molecule has 1 unspecified atom stereocenters. The summed E-state index contributed by atoms with van der Waals surface area (Å²) < 4.78 is 0. The van der Waals surface area contributed by atoms with Crippen LogP contribution in [0.25, 0.3) is 0 Å². The van der Waals surface area contributed by atoms with Crippen LogP contribution < -0.4 is 5.32 Å². The van der Waals surface area contributed by atoms with Gasteiger partial charge in [-0.3, -0.25) is 4.79 Å². The van der Waals surface area contributed by atoms with E-state index in [0.717, 1.165) is 23.5 Å². The molecule has 118 valence electrons. The third-order valence-electron chi connectivity index (χ3n) is 3.47. The Morgan fingerprint density at radius 3 is 2.82 bits per heavy atom. The van der Waals surface area contributed by atoms with Gasteiger partial charge in [-0.1, -0.05) is 37.3 Å². The average Bonchev–Trinajstić information content (AvgIpc) is 2.94. The van der Waals surface area contributed by atoms with Gasteiger partial charge >= 0.3 is 0 Å². The largest absolute Gasteiger partial charge is 0.396 e. The number of amides is 1. The van der Waals surface area contributed by atoms with Crippen molar-refractivity contribution in [2.75, 3.05) is 6.61 Å². The zero-order chi connectivity index (χ0) is 15.8. The van der Waals surface area contributed by atoms with Gasteiger partial charge in [0.2, 0.25) is 5.91 Å². The number of carbonyl (C=O) groups excluding carboxylic acids is 1.